The molecule has 1 spiro atoms. The van der Waals surface area contributed by atoms with E-state index in [2.05, 4.69) is 24.5 Å². The lowest BCUT2D eigenvalue weighted by Crippen LogP contribution is -2.55. The Balaban J connectivity index is 1.73. The third kappa shape index (κ3) is 3.93. The minimum Gasteiger partial charge on any atom is -0.465 e. The molecule has 0 saturated carbocycles. The second-order valence-corrected chi connectivity index (χ2v) is 6.17. The molecule has 3 amide bonds. The maximum atomic E-state index is 11.8. The number of amides is 3. The Morgan fingerprint density at radius 3 is 2.52 bits per heavy atom. The van der Waals surface area contributed by atoms with Gasteiger partial charge in [-0.05, 0) is 25.2 Å². The van der Waals surface area contributed by atoms with Crippen LogP contribution in [0.2, 0.25) is 0 Å². The lowest BCUT2D eigenvalue weighted by atomic mass is 9.88. The summed E-state index contributed by atoms with van der Waals surface area (Å²) in [5.41, 5.74) is -0.783. The van der Waals surface area contributed by atoms with E-state index >= 15 is 0 Å². The Kier molecular flexibility index (Phi) is 4.82. The molecule has 0 unspecified atom stereocenters. The molecule has 0 radical (unpaired) electrons. The van der Waals surface area contributed by atoms with Crippen LogP contribution in [0.25, 0.3) is 0 Å². The molecule has 2 N–H and O–H groups in total. The maximum Gasteiger partial charge on any atom is 0.322 e. The minimum atomic E-state index is -0.783. The molecule has 7 nitrogen and oxygen atoms in total. The van der Waals surface area contributed by atoms with Crippen LogP contribution in [0.1, 0.15) is 33.1 Å². The zero-order chi connectivity index (χ0) is 15.5. The highest BCUT2D eigenvalue weighted by atomic mass is 16.5. The first-order chi connectivity index (χ1) is 9.91. The molecule has 2 heterocycles. The fourth-order valence-electron chi connectivity index (χ4n) is 2.61. The molecule has 7 heteroatoms. The monoisotopic (exact) mass is 297 g/mol. The van der Waals surface area contributed by atoms with Crippen molar-refractivity contribution in [1.29, 1.82) is 0 Å². The van der Waals surface area contributed by atoms with E-state index in [9.17, 15) is 14.4 Å². The summed E-state index contributed by atoms with van der Waals surface area (Å²) in [6.07, 6.45) is 1.90. The number of piperidine rings is 1. The molecule has 0 aromatic rings. The van der Waals surface area contributed by atoms with E-state index in [1.165, 1.54) is 0 Å². The summed E-state index contributed by atoms with van der Waals surface area (Å²) in [6.45, 7) is 6.04. The molecule has 0 aromatic carbocycles. The summed E-state index contributed by atoms with van der Waals surface area (Å²) in [6, 6.07) is -0.429. The van der Waals surface area contributed by atoms with Gasteiger partial charge in [-0.3, -0.25) is 19.8 Å². The first-order valence-electron chi connectivity index (χ1n) is 7.43. The van der Waals surface area contributed by atoms with Gasteiger partial charge in [0.25, 0.3) is 5.91 Å². The van der Waals surface area contributed by atoms with Gasteiger partial charge >= 0.3 is 12.0 Å². The average Bonchev–Trinajstić information content (AvgIpc) is 2.67. The standard InChI is InChI=1S/C14H23N3O4/c1-10(2)3-8-21-11(18)9-17-6-4-14(5-7-17)12(19)15-13(20)16-14/h10H,3-9H2,1-2H3,(H2,15,16,19,20). The molecular formula is C14H23N3O4. The highest BCUT2D eigenvalue weighted by Gasteiger charge is 2.47. The predicted octanol–water partition coefficient (Wildman–Crippen LogP) is 0.250. The number of likely N-dealkylation sites (tertiary alicyclic amines) is 1. The predicted molar refractivity (Wildman–Crippen MR) is 75.5 cm³/mol. The first-order valence-corrected chi connectivity index (χ1v) is 7.43. The van der Waals surface area contributed by atoms with Crippen molar-refractivity contribution in [2.24, 2.45) is 5.92 Å². The van der Waals surface area contributed by atoms with E-state index in [0.29, 0.717) is 38.5 Å². The SMILES string of the molecule is CC(C)CCOC(=O)CN1CCC2(CC1)NC(=O)NC2=O. The minimum absolute atomic E-state index is 0.230. The summed E-state index contributed by atoms with van der Waals surface area (Å²) in [5.74, 6) is 0.0234. The van der Waals surface area contributed by atoms with Gasteiger partial charge in [-0.1, -0.05) is 13.8 Å². The Hall–Kier alpha value is -1.63. The summed E-state index contributed by atoms with van der Waals surface area (Å²) in [4.78, 5) is 36.7. The van der Waals surface area contributed by atoms with E-state index < -0.39 is 11.6 Å². The lowest BCUT2D eigenvalue weighted by Gasteiger charge is -2.36. The van der Waals surface area contributed by atoms with Crippen molar-refractivity contribution < 1.29 is 19.1 Å². The number of nitrogens with zero attached hydrogens (tertiary/aromatic N) is 1. The van der Waals surface area contributed by atoms with Crippen molar-refractivity contribution in [3.8, 4) is 0 Å². The topological polar surface area (TPSA) is 87.7 Å². The third-order valence-corrected chi connectivity index (χ3v) is 4.04. The number of carbonyl (C=O) groups excluding carboxylic acids is 3. The van der Waals surface area contributed by atoms with Crippen molar-refractivity contribution in [2.75, 3.05) is 26.2 Å². The number of hydrogen-bond donors (Lipinski definition) is 2. The molecule has 2 aliphatic heterocycles. The molecule has 0 aromatic heterocycles. The number of hydrogen-bond acceptors (Lipinski definition) is 5. The third-order valence-electron chi connectivity index (χ3n) is 4.04. The highest BCUT2D eigenvalue weighted by molar-refractivity contribution is 6.07. The average molecular weight is 297 g/mol. The molecule has 2 rings (SSSR count). The molecular weight excluding hydrogens is 274 g/mol. The fraction of sp³-hybridized carbons (Fsp3) is 0.786. The van der Waals surface area contributed by atoms with Crippen molar-refractivity contribution >= 4 is 17.9 Å². The number of esters is 1. The Morgan fingerprint density at radius 1 is 1.33 bits per heavy atom. The molecule has 118 valence electrons. The van der Waals surface area contributed by atoms with Crippen LogP contribution in [0.15, 0.2) is 0 Å². The second-order valence-electron chi connectivity index (χ2n) is 6.17. The van der Waals surface area contributed by atoms with E-state index in [-0.39, 0.29) is 18.4 Å². The Bertz CT molecular complexity index is 428. The van der Waals surface area contributed by atoms with Crippen molar-refractivity contribution in [2.45, 2.75) is 38.6 Å². The number of rotatable bonds is 5. The van der Waals surface area contributed by atoms with Gasteiger partial charge in [-0.2, -0.15) is 0 Å². The maximum absolute atomic E-state index is 11.8. The molecule has 21 heavy (non-hydrogen) atoms. The van der Waals surface area contributed by atoms with Crippen LogP contribution in [-0.2, 0) is 14.3 Å². The van der Waals surface area contributed by atoms with Crippen LogP contribution in [0.4, 0.5) is 4.79 Å². The number of carbonyl (C=O) groups is 3. The number of nitrogens with one attached hydrogen (secondary N) is 2. The molecule has 2 saturated heterocycles. The number of imide groups is 1. The van der Waals surface area contributed by atoms with Gasteiger partial charge in [0.15, 0.2) is 0 Å². The molecule has 0 aliphatic carbocycles. The second kappa shape index (κ2) is 6.43. The van der Waals surface area contributed by atoms with Gasteiger partial charge in [-0.15, -0.1) is 0 Å². The Labute approximate surface area is 124 Å². The zero-order valence-corrected chi connectivity index (χ0v) is 12.6. The van der Waals surface area contributed by atoms with E-state index in [0.717, 1.165) is 6.42 Å². The number of urea groups is 1. The quantitative estimate of drug-likeness (QED) is 0.561. The van der Waals surface area contributed by atoms with Gasteiger partial charge < -0.3 is 10.1 Å². The van der Waals surface area contributed by atoms with E-state index in [4.69, 9.17) is 4.74 Å². The van der Waals surface area contributed by atoms with Gasteiger partial charge in [0.05, 0.1) is 13.2 Å². The smallest absolute Gasteiger partial charge is 0.322 e. The summed E-state index contributed by atoms with van der Waals surface area (Å²) in [5, 5.41) is 4.97. The van der Waals surface area contributed by atoms with Crippen molar-refractivity contribution in [3.63, 3.8) is 0 Å². The van der Waals surface area contributed by atoms with Crippen LogP contribution in [0.5, 0.6) is 0 Å². The molecule has 2 fully saturated rings. The highest BCUT2D eigenvalue weighted by Crippen LogP contribution is 2.25. The lowest BCUT2D eigenvalue weighted by molar-refractivity contribution is -0.145. The molecule has 0 bridgehead atoms. The van der Waals surface area contributed by atoms with Gasteiger partial charge in [0, 0.05) is 13.1 Å². The van der Waals surface area contributed by atoms with Crippen LogP contribution >= 0.6 is 0 Å². The first kappa shape index (κ1) is 15.8. The molecule has 2 aliphatic rings. The fourth-order valence-corrected chi connectivity index (χ4v) is 2.61. The Morgan fingerprint density at radius 2 is 2.00 bits per heavy atom. The van der Waals surface area contributed by atoms with Crippen molar-refractivity contribution in [3.05, 3.63) is 0 Å². The van der Waals surface area contributed by atoms with Gasteiger partial charge in [0.1, 0.15) is 5.54 Å². The summed E-state index contributed by atoms with van der Waals surface area (Å²) < 4.78 is 5.18. The van der Waals surface area contributed by atoms with Gasteiger partial charge in [0.2, 0.25) is 0 Å². The largest absolute Gasteiger partial charge is 0.465 e. The van der Waals surface area contributed by atoms with Crippen molar-refractivity contribution in [1.82, 2.24) is 15.5 Å². The van der Waals surface area contributed by atoms with Crippen LogP contribution in [0, 0.1) is 5.92 Å². The zero-order valence-electron chi connectivity index (χ0n) is 12.6. The van der Waals surface area contributed by atoms with Crippen LogP contribution in [0.3, 0.4) is 0 Å². The van der Waals surface area contributed by atoms with Gasteiger partial charge in [-0.25, -0.2) is 4.79 Å². The van der Waals surface area contributed by atoms with Crippen LogP contribution in [-0.4, -0.2) is 54.6 Å². The van der Waals surface area contributed by atoms with E-state index in [1.807, 2.05) is 4.90 Å². The van der Waals surface area contributed by atoms with E-state index in [1.54, 1.807) is 0 Å². The normalized spacial score (nSPS) is 21.5. The molecule has 0 atom stereocenters. The number of ether oxygens (including phenoxy) is 1. The summed E-state index contributed by atoms with van der Waals surface area (Å²) in [7, 11) is 0. The summed E-state index contributed by atoms with van der Waals surface area (Å²) >= 11 is 0. The van der Waals surface area contributed by atoms with Crippen LogP contribution < -0.4 is 10.6 Å².